The van der Waals surface area contributed by atoms with E-state index in [1.54, 1.807) is 7.11 Å². The fraction of sp³-hybridized carbons (Fsp3) is 0.600. The van der Waals surface area contributed by atoms with Gasteiger partial charge in [-0.1, -0.05) is 18.9 Å². The Balaban J connectivity index is 1.38. The number of guanidine groups is 1. The van der Waals surface area contributed by atoms with Crippen molar-refractivity contribution >= 4 is 17.6 Å². The van der Waals surface area contributed by atoms with Crippen molar-refractivity contribution in [3.63, 3.8) is 0 Å². The summed E-state index contributed by atoms with van der Waals surface area (Å²) in [5.41, 5.74) is 6.83. The molecule has 1 amide bonds. The maximum Gasteiger partial charge on any atom is 0.225 e. The number of hydrogen-bond acceptors (Lipinski definition) is 4. The van der Waals surface area contributed by atoms with Crippen LogP contribution in [0.25, 0.3) is 0 Å². The van der Waals surface area contributed by atoms with Crippen LogP contribution in [0.3, 0.4) is 0 Å². The molecule has 1 aromatic rings. The summed E-state index contributed by atoms with van der Waals surface area (Å²) in [6, 6.07) is 7.59. The van der Waals surface area contributed by atoms with Gasteiger partial charge in [-0.05, 0) is 25.0 Å². The summed E-state index contributed by atoms with van der Waals surface area (Å²) in [4.78, 5) is 21.3. The standard InChI is InChI=1S/C20H31N5O2/c1-27-18-8-4-7-17(15-18)23-20(21)22-9-10-24-11-13-25(14-12-24)19(26)16-5-2-3-6-16/h4,7-8,15-16H,2-3,5-6,9-14H2,1H3,(H3,21,22,23). The number of hydrogen-bond donors (Lipinski definition) is 2. The van der Waals surface area contributed by atoms with Crippen LogP contribution in [-0.4, -0.2) is 68.0 Å². The second-order valence-electron chi connectivity index (χ2n) is 7.27. The molecule has 148 valence electrons. The fourth-order valence-electron chi connectivity index (χ4n) is 3.82. The van der Waals surface area contributed by atoms with E-state index in [9.17, 15) is 4.79 Å². The van der Waals surface area contributed by atoms with Gasteiger partial charge >= 0.3 is 0 Å². The Morgan fingerprint density at radius 1 is 1.26 bits per heavy atom. The fourth-order valence-corrected chi connectivity index (χ4v) is 3.82. The van der Waals surface area contributed by atoms with Gasteiger partial charge in [-0.2, -0.15) is 0 Å². The highest BCUT2D eigenvalue weighted by Crippen LogP contribution is 2.26. The van der Waals surface area contributed by atoms with Gasteiger partial charge in [-0.3, -0.25) is 14.7 Å². The summed E-state index contributed by atoms with van der Waals surface area (Å²) >= 11 is 0. The predicted octanol–water partition coefficient (Wildman–Crippen LogP) is 1.76. The minimum atomic E-state index is 0.281. The molecule has 1 heterocycles. The molecule has 2 fully saturated rings. The summed E-state index contributed by atoms with van der Waals surface area (Å²) in [7, 11) is 1.64. The Morgan fingerprint density at radius 3 is 2.70 bits per heavy atom. The third-order valence-electron chi connectivity index (χ3n) is 5.43. The van der Waals surface area contributed by atoms with Crippen molar-refractivity contribution in [1.29, 1.82) is 0 Å². The highest BCUT2D eigenvalue weighted by atomic mass is 16.5. The molecule has 0 atom stereocenters. The maximum absolute atomic E-state index is 12.5. The zero-order valence-corrected chi connectivity index (χ0v) is 16.2. The lowest BCUT2D eigenvalue weighted by Gasteiger charge is -2.35. The number of nitrogens with one attached hydrogen (secondary N) is 1. The van der Waals surface area contributed by atoms with Crippen LogP contribution in [-0.2, 0) is 4.79 Å². The third-order valence-corrected chi connectivity index (χ3v) is 5.43. The van der Waals surface area contributed by atoms with Gasteiger partial charge in [0.2, 0.25) is 5.91 Å². The molecule has 1 saturated heterocycles. The van der Waals surface area contributed by atoms with Gasteiger partial charge in [0, 0.05) is 50.4 Å². The number of anilines is 1. The van der Waals surface area contributed by atoms with Crippen molar-refractivity contribution in [2.75, 3.05) is 51.7 Å². The molecule has 7 heteroatoms. The number of aliphatic imine (C=N–C) groups is 1. The number of carbonyl (C=O) groups is 1. The minimum absolute atomic E-state index is 0.281. The van der Waals surface area contributed by atoms with Crippen LogP contribution >= 0.6 is 0 Å². The normalized spacial score (nSPS) is 19.3. The van der Waals surface area contributed by atoms with E-state index in [1.165, 1.54) is 12.8 Å². The van der Waals surface area contributed by atoms with Gasteiger partial charge in [0.05, 0.1) is 13.7 Å². The summed E-state index contributed by atoms with van der Waals surface area (Å²) < 4.78 is 5.20. The van der Waals surface area contributed by atoms with Gasteiger partial charge in [0.25, 0.3) is 0 Å². The van der Waals surface area contributed by atoms with E-state index in [4.69, 9.17) is 10.5 Å². The number of nitrogens with two attached hydrogens (primary N) is 1. The second kappa shape index (κ2) is 9.60. The summed E-state index contributed by atoms with van der Waals surface area (Å²) in [5, 5.41) is 3.08. The zero-order valence-electron chi connectivity index (χ0n) is 16.2. The number of methoxy groups -OCH3 is 1. The molecule has 0 unspecified atom stereocenters. The first-order valence-electron chi connectivity index (χ1n) is 9.88. The van der Waals surface area contributed by atoms with Crippen LogP contribution in [0.2, 0.25) is 0 Å². The first kappa shape index (κ1) is 19.5. The number of benzene rings is 1. The molecule has 0 bridgehead atoms. The lowest BCUT2D eigenvalue weighted by Crippen LogP contribution is -2.50. The average molecular weight is 374 g/mol. The third kappa shape index (κ3) is 5.60. The molecule has 0 radical (unpaired) electrons. The number of ether oxygens (including phenoxy) is 1. The minimum Gasteiger partial charge on any atom is -0.497 e. The molecule has 0 spiro atoms. The number of nitrogens with zero attached hydrogens (tertiary/aromatic N) is 3. The second-order valence-corrected chi connectivity index (χ2v) is 7.27. The van der Waals surface area contributed by atoms with E-state index in [-0.39, 0.29) is 5.92 Å². The SMILES string of the molecule is COc1cccc(NC(N)=NCCN2CCN(C(=O)C3CCCC3)CC2)c1. The summed E-state index contributed by atoms with van der Waals surface area (Å²) in [6.07, 6.45) is 4.57. The van der Waals surface area contributed by atoms with Gasteiger partial charge in [0.15, 0.2) is 5.96 Å². The van der Waals surface area contributed by atoms with Crippen molar-refractivity contribution in [1.82, 2.24) is 9.80 Å². The van der Waals surface area contributed by atoms with Crippen LogP contribution in [0.5, 0.6) is 5.75 Å². The molecule has 27 heavy (non-hydrogen) atoms. The van der Waals surface area contributed by atoms with Crippen molar-refractivity contribution in [3.05, 3.63) is 24.3 Å². The van der Waals surface area contributed by atoms with E-state index in [1.807, 2.05) is 24.3 Å². The van der Waals surface area contributed by atoms with Crippen molar-refractivity contribution < 1.29 is 9.53 Å². The van der Waals surface area contributed by atoms with E-state index < -0.39 is 0 Å². The highest BCUT2D eigenvalue weighted by molar-refractivity contribution is 5.92. The number of piperazine rings is 1. The van der Waals surface area contributed by atoms with E-state index in [2.05, 4.69) is 20.1 Å². The highest BCUT2D eigenvalue weighted by Gasteiger charge is 2.29. The predicted molar refractivity (Wildman–Crippen MR) is 108 cm³/mol. The molecule has 3 rings (SSSR count). The van der Waals surface area contributed by atoms with Gasteiger partial charge in [-0.25, -0.2) is 0 Å². The lowest BCUT2D eigenvalue weighted by atomic mass is 10.1. The lowest BCUT2D eigenvalue weighted by molar-refractivity contribution is -0.137. The Hall–Kier alpha value is -2.28. The van der Waals surface area contributed by atoms with Gasteiger partial charge in [0.1, 0.15) is 5.75 Å². The molecule has 1 saturated carbocycles. The van der Waals surface area contributed by atoms with E-state index in [0.29, 0.717) is 18.4 Å². The molecular formula is C20H31N5O2. The van der Waals surface area contributed by atoms with Gasteiger partial charge < -0.3 is 20.7 Å². The van der Waals surface area contributed by atoms with Crippen molar-refractivity contribution in [3.8, 4) is 5.75 Å². The van der Waals surface area contributed by atoms with Crippen LogP contribution in [0, 0.1) is 5.92 Å². The molecule has 0 aromatic heterocycles. The molecule has 7 nitrogen and oxygen atoms in total. The van der Waals surface area contributed by atoms with Crippen molar-refractivity contribution in [2.24, 2.45) is 16.6 Å². The van der Waals surface area contributed by atoms with Crippen LogP contribution in [0.15, 0.2) is 29.3 Å². The Labute approximate surface area is 161 Å². The summed E-state index contributed by atoms with van der Waals surface area (Å²) in [6.45, 7) is 4.98. The van der Waals surface area contributed by atoms with Crippen LogP contribution < -0.4 is 15.8 Å². The number of rotatable bonds is 6. The first-order valence-corrected chi connectivity index (χ1v) is 9.88. The van der Waals surface area contributed by atoms with Crippen LogP contribution in [0.4, 0.5) is 5.69 Å². The molecule has 1 aliphatic heterocycles. The Kier molecular flexibility index (Phi) is 6.92. The molecule has 1 aromatic carbocycles. The number of amides is 1. The molecule has 1 aliphatic carbocycles. The molecule has 2 aliphatic rings. The largest absolute Gasteiger partial charge is 0.497 e. The Morgan fingerprint density at radius 2 is 2.00 bits per heavy atom. The van der Waals surface area contributed by atoms with E-state index in [0.717, 1.165) is 57.0 Å². The summed E-state index contributed by atoms with van der Waals surface area (Å²) in [5.74, 6) is 1.83. The zero-order chi connectivity index (χ0) is 19.1. The molecular weight excluding hydrogens is 342 g/mol. The first-order chi connectivity index (χ1) is 13.2. The smallest absolute Gasteiger partial charge is 0.225 e. The molecule has 3 N–H and O–H groups in total. The quantitative estimate of drug-likeness (QED) is 0.586. The Bertz CT molecular complexity index is 650. The van der Waals surface area contributed by atoms with Crippen LogP contribution in [0.1, 0.15) is 25.7 Å². The maximum atomic E-state index is 12.5. The van der Waals surface area contributed by atoms with E-state index >= 15 is 0 Å². The van der Waals surface area contributed by atoms with Gasteiger partial charge in [-0.15, -0.1) is 0 Å². The topological polar surface area (TPSA) is 83.2 Å². The monoisotopic (exact) mass is 373 g/mol. The number of carbonyl (C=O) groups excluding carboxylic acids is 1. The average Bonchev–Trinajstić information content (AvgIpc) is 3.23. The van der Waals surface area contributed by atoms with Crippen molar-refractivity contribution in [2.45, 2.75) is 25.7 Å².